The average molecular weight is 340 g/mol. The SMILES string of the molecule is CN1CCN(C(=O)c2cccc(-c3ccc(C#N)c(Cl)c3)c2)CC1. The van der Waals surface area contributed by atoms with Gasteiger partial charge in [-0.15, -0.1) is 0 Å². The highest BCUT2D eigenvalue weighted by Gasteiger charge is 2.20. The molecule has 1 aliphatic rings. The van der Waals surface area contributed by atoms with Crippen LogP contribution >= 0.6 is 11.6 Å². The number of hydrogen-bond acceptors (Lipinski definition) is 3. The standard InChI is InChI=1S/C19H18ClN3O/c1-22-7-9-23(10-8-22)19(24)16-4-2-3-14(11-16)15-5-6-17(13-21)18(20)12-15/h2-6,11-12H,7-10H2,1H3. The summed E-state index contributed by atoms with van der Waals surface area (Å²) < 4.78 is 0. The second-order valence-corrected chi connectivity index (χ2v) is 6.39. The molecule has 0 unspecified atom stereocenters. The summed E-state index contributed by atoms with van der Waals surface area (Å²) in [5.74, 6) is 0.0599. The minimum Gasteiger partial charge on any atom is -0.336 e. The Bertz CT molecular complexity index is 804. The molecule has 1 saturated heterocycles. The molecular formula is C19H18ClN3O. The molecule has 1 aliphatic heterocycles. The van der Waals surface area contributed by atoms with Crippen LogP contribution in [0.2, 0.25) is 5.02 Å². The number of likely N-dealkylation sites (N-methyl/N-ethyl adjacent to an activating group) is 1. The van der Waals surface area contributed by atoms with Crippen molar-refractivity contribution in [2.24, 2.45) is 0 Å². The van der Waals surface area contributed by atoms with Crippen molar-refractivity contribution < 1.29 is 4.79 Å². The van der Waals surface area contributed by atoms with Crippen LogP contribution in [0.3, 0.4) is 0 Å². The van der Waals surface area contributed by atoms with Gasteiger partial charge in [-0.2, -0.15) is 5.26 Å². The zero-order valence-corrected chi connectivity index (χ0v) is 14.3. The third-order valence-electron chi connectivity index (χ3n) is 4.32. The molecule has 0 radical (unpaired) electrons. The van der Waals surface area contributed by atoms with Crippen molar-refractivity contribution in [2.45, 2.75) is 0 Å². The Labute approximate surface area is 146 Å². The van der Waals surface area contributed by atoms with Crippen molar-refractivity contribution >= 4 is 17.5 Å². The summed E-state index contributed by atoms with van der Waals surface area (Å²) in [4.78, 5) is 16.8. The van der Waals surface area contributed by atoms with Gasteiger partial charge < -0.3 is 9.80 Å². The average Bonchev–Trinajstić information content (AvgIpc) is 2.62. The van der Waals surface area contributed by atoms with E-state index in [1.54, 1.807) is 12.1 Å². The number of carbonyl (C=O) groups excluding carboxylic acids is 1. The minimum absolute atomic E-state index is 0.0599. The van der Waals surface area contributed by atoms with Crippen LogP contribution in [0, 0.1) is 11.3 Å². The van der Waals surface area contributed by atoms with Gasteiger partial charge in [-0.3, -0.25) is 4.79 Å². The molecule has 1 fully saturated rings. The first kappa shape index (κ1) is 16.5. The largest absolute Gasteiger partial charge is 0.336 e. The highest BCUT2D eigenvalue weighted by molar-refractivity contribution is 6.32. The summed E-state index contributed by atoms with van der Waals surface area (Å²) >= 11 is 6.11. The molecule has 0 saturated carbocycles. The van der Waals surface area contributed by atoms with Gasteiger partial charge in [0, 0.05) is 31.7 Å². The predicted octanol–water partition coefficient (Wildman–Crippen LogP) is 3.27. The molecule has 2 aromatic rings. The number of nitriles is 1. The highest BCUT2D eigenvalue weighted by Crippen LogP contribution is 2.26. The summed E-state index contributed by atoms with van der Waals surface area (Å²) in [6.45, 7) is 3.30. The maximum absolute atomic E-state index is 12.7. The number of hydrogen-bond donors (Lipinski definition) is 0. The molecule has 3 rings (SSSR count). The van der Waals surface area contributed by atoms with E-state index < -0.39 is 0 Å². The van der Waals surface area contributed by atoms with Gasteiger partial charge in [0.05, 0.1) is 10.6 Å². The normalized spacial score (nSPS) is 15.1. The number of benzene rings is 2. The van der Waals surface area contributed by atoms with Crippen LogP contribution in [0.1, 0.15) is 15.9 Å². The second-order valence-electron chi connectivity index (χ2n) is 5.98. The van der Waals surface area contributed by atoms with Gasteiger partial charge in [-0.05, 0) is 42.4 Å². The molecule has 4 nitrogen and oxygen atoms in total. The van der Waals surface area contributed by atoms with Crippen LogP contribution in [0.4, 0.5) is 0 Å². The molecule has 24 heavy (non-hydrogen) atoms. The van der Waals surface area contributed by atoms with Crippen LogP contribution < -0.4 is 0 Å². The van der Waals surface area contributed by atoms with Gasteiger partial charge in [0.2, 0.25) is 0 Å². The van der Waals surface area contributed by atoms with Crippen molar-refractivity contribution in [1.82, 2.24) is 9.80 Å². The van der Waals surface area contributed by atoms with Crippen molar-refractivity contribution in [3.05, 3.63) is 58.6 Å². The Morgan fingerprint density at radius 1 is 1.08 bits per heavy atom. The topological polar surface area (TPSA) is 47.3 Å². The highest BCUT2D eigenvalue weighted by atomic mass is 35.5. The maximum atomic E-state index is 12.7. The van der Waals surface area contributed by atoms with E-state index >= 15 is 0 Å². The monoisotopic (exact) mass is 339 g/mol. The molecular weight excluding hydrogens is 322 g/mol. The molecule has 1 amide bonds. The van der Waals surface area contributed by atoms with Crippen molar-refractivity contribution in [3.63, 3.8) is 0 Å². The Morgan fingerprint density at radius 3 is 2.46 bits per heavy atom. The predicted molar refractivity (Wildman–Crippen MR) is 95.0 cm³/mol. The molecule has 0 N–H and O–H groups in total. The van der Waals surface area contributed by atoms with E-state index in [0.29, 0.717) is 16.1 Å². The van der Waals surface area contributed by atoms with Crippen molar-refractivity contribution in [3.8, 4) is 17.2 Å². The zero-order chi connectivity index (χ0) is 17.1. The van der Waals surface area contributed by atoms with Crippen molar-refractivity contribution in [1.29, 1.82) is 5.26 Å². The number of carbonyl (C=O) groups is 1. The van der Waals surface area contributed by atoms with E-state index in [-0.39, 0.29) is 5.91 Å². The lowest BCUT2D eigenvalue weighted by molar-refractivity contribution is 0.0664. The lowest BCUT2D eigenvalue weighted by Crippen LogP contribution is -2.47. The van der Waals surface area contributed by atoms with Crippen LogP contribution in [0.25, 0.3) is 11.1 Å². The number of piperazine rings is 1. The fraction of sp³-hybridized carbons (Fsp3) is 0.263. The van der Waals surface area contributed by atoms with E-state index in [2.05, 4.69) is 18.0 Å². The smallest absolute Gasteiger partial charge is 0.253 e. The first-order valence-electron chi connectivity index (χ1n) is 7.86. The molecule has 1 heterocycles. The third-order valence-corrected chi connectivity index (χ3v) is 4.64. The van der Waals surface area contributed by atoms with Crippen LogP contribution in [-0.4, -0.2) is 48.9 Å². The lowest BCUT2D eigenvalue weighted by atomic mass is 10.0. The molecule has 2 aromatic carbocycles. The molecule has 0 spiro atoms. The molecule has 5 heteroatoms. The van der Waals surface area contributed by atoms with E-state index in [1.165, 1.54) is 0 Å². The van der Waals surface area contributed by atoms with Gasteiger partial charge in [-0.25, -0.2) is 0 Å². The minimum atomic E-state index is 0.0599. The zero-order valence-electron chi connectivity index (χ0n) is 13.5. The van der Waals surface area contributed by atoms with Crippen LogP contribution in [0.15, 0.2) is 42.5 Å². The Kier molecular flexibility index (Phi) is 4.84. The fourth-order valence-electron chi connectivity index (χ4n) is 2.81. The van der Waals surface area contributed by atoms with E-state index in [4.69, 9.17) is 16.9 Å². The Hall–Kier alpha value is -2.35. The first-order chi connectivity index (χ1) is 11.6. The molecule has 0 aromatic heterocycles. The van der Waals surface area contributed by atoms with Gasteiger partial charge in [0.1, 0.15) is 6.07 Å². The fourth-order valence-corrected chi connectivity index (χ4v) is 3.03. The summed E-state index contributed by atoms with van der Waals surface area (Å²) in [6.07, 6.45) is 0. The van der Waals surface area contributed by atoms with E-state index in [1.807, 2.05) is 35.2 Å². The number of amides is 1. The Morgan fingerprint density at radius 2 is 1.79 bits per heavy atom. The number of rotatable bonds is 2. The van der Waals surface area contributed by atoms with Crippen LogP contribution in [0.5, 0.6) is 0 Å². The van der Waals surface area contributed by atoms with E-state index in [9.17, 15) is 4.79 Å². The number of halogens is 1. The van der Waals surface area contributed by atoms with E-state index in [0.717, 1.165) is 37.3 Å². The lowest BCUT2D eigenvalue weighted by Gasteiger charge is -2.32. The molecule has 122 valence electrons. The first-order valence-corrected chi connectivity index (χ1v) is 8.24. The van der Waals surface area contributed by atoms with Gasteiger partial charge in [0.25, 0.3) is 5.91 Å². The molecule has 0 bridgehead atoms. The van der Waals surface area contributed by atoms with Gasteiger partial charge in [-0.1, -0.05) is 29.8 Å². The summed E-state index contributed by atoms with van der Waals surface area (Å²) in [5, 5.41) is 9.39. The maximum Gasteiger partial charge on any atom is 0.253 e. The number of nitrogens with zero attached hydrogens (tertiary/aromatic N) is 3. The van der Waals surface area contributed by atoms with Gasteiger partial charge >= 0.3 is 0 Å². The Balaban J connectivity index is 1.85. The van der Waals surface area contributed by atoms with Crippen LogP contribution in [-0.2, 0) is 0 Å². The summed E-state index contributed by atoms with van der Waals surface area (Å²) in [6, 6.07) is 14.9. The quantitative estimate of drug-likeness (QED) is 0.843. The summed E-state index contributed by atoms with van der Waals surface area (Å²) in [7, 11) is 2.07. The molecule has 0 atom stereocenters. The third kappa shape index (κ3) is 3.43. The van der Waals surface area contributed by atoms with Gasteiger partial charge in [0.15, 0.2) is 0 Å². The second kappa shape index (κ2) is 7.04. The molecule has 0 aliphatic carbocycles. The summed E-state index contributed by atoms with van der Waals surface area (Å²) in [5.41, 5.74) is 2.94. The van der Waals surface area contributed by atoms with Crippen molar-refractivity contribution in [2.75, 3.05) is 33.2 Å².